The molecule has 0 heterocycles. The summed E-state index contributed by atoms with van der Waals surface area (Å²) in [5.41, 5.74) is 0. The Labute approximate surface area is 58.6 Å². The molecule has 0 bridgehead atoms. The molecule has 0 amide bonds. The summed E-state index contributed by atoms with van der Waals surface area (Å²) >= 11 is 4.04. The average molecular weight is 154 g/mol. The number of hydrogen-bond donors (Lipinski definition) is 1. The van der Waals surface area contributed by atoms with Gasteiger partial charge in [-0.2, -0.15) is 12.6 Å². The van der Waals surface area contributed by atoms with Crippen LogP contribution < -0.4 is 0 Å². The summed E-state index contributed by atoms with van der Waals surface area (Å²) in [6.45, 7) is 2.19. The van der Waals surface area contributed by atoms with E-state index in [2.05, 4.69) is 19.6 Å². The fraction of sp³-hybridized carbons (Fsp3) is 1.00. The Morgan fingerprint density at radius 1 is 1.43 bits per heavy atom. The monoisotopic (exact) mass is 154 g/mol. The van der Waals surface area contributed by atoms with Gasteiger partial charge in [0, 0.05) is 10.8 Å². The van der Waals surface area contributed by atoms with E-state index >= 15 is 0 Å². The molecule has 0 N–H and O–H groups in total. The van der Waals surface area contributed by atoms with Crippen LogP contribution in [0.25, 0.3) is 0 Å². The third kappa shape index (κ3) is 7.05. The zero-order valence-electron chi connectivity index (χ0n) is 4.39. The summed E-state index contributed by atoms with van der Waals surface area (Å²) in [7, 11) is 3.71. The van der Waals surface area contributed by atoms with Gasteiger partial charge in [-0.05, 0) is 6.42 Å². The highest BCUT2D eigenvalue weighted by molar-refractivity contribution is 8.77. The van der Waals surface area contributed by atoms with Crippen LogP contribution in [0, 0.1) is 0 Å². The van der Waals surface area contributed by atoms with Gasteiger partial charge >= 0.3 is 0 Å². The number of rotatable bonds is 4. The first-order chi connectivity index (χ1) is 3.41. The normalized spacial score (nSPS) is 9.43. The largest absolute Gasteiger partial charge is 0.167 e. The van der Waals surface area contributed by atoms with Gasteiger partial charge in [-0.1, -0.05) is 28.5 Å². The average Bonchev–Trinajstić information content (AvgIpc) is 1.69. The SMILES string of the molecule is CCCSSCS. The summed E-state index contributed by atoms with van der Waals surface area (Å²) in [4.78, 5) is 0. The van der Waals surface area contributed by atoms with Gasteiger partial charge in [0.25, 0.3) is 0 Å². The molecule has 0 spiro atoms. The molecule has 3 heteroatoms. The zero-order chi connectivity index (χ0) is 5.54. The van der Waals surface area contributed by atoms with Gasteiger partial charge in [-0.15, -0.1) is 0 Å². The summed E-state index contributed by atoms with van der Waals surface area (Å²) in [6.07, 6.45) is 1.27. The van der Waals surface area contributed by atoms with E-state index in [1.54, 1.807) is 0 Å². The summed E-state index contributed by atoms with van der Waals surface area (Å²) in [5.74, 6) is 1.26. The molecule has 0 aromatic rings. The van der Waals surface area contributed by atoms with Crippen LogP contribution in [-0.4, -0.2) is 10.8 Å². The molecule has 0 unspecified atom stereocenters. The first-order valence-corrected chi connectivity index (χ1v) is 5.39. The molecule has 0 aliphatic rings. The van der Waals surface area contributed by atoms with Crippen LogP contribution in [0.3, 0.4) is 0 Å². The van der Waals surface area contributed by atoms with Crippen molar-refractivity contribution < 1.29 is 0 Å². The molecule has 0 aliphatic carbocycles. The van der Waals surface area contributed by atoms with Crippen molar-refractivity contribution in [3.8, 4) is 0 Å². The summed E-state index contributed by atoms with van der Waals surface area (Å²) < 4.78 is 0. The van der Waals surface area contributed by atoms with E-state index in [1.807, 2.05) is 21.6 Å². The van der Waals surface area contributed by atoms with E-state index in [0.29, 0.717) is 0 Å². The van der Waals surface area contributed by atoms with Crippen LogP contribution in [0.2, 0.25) is 0 Å². The van der Waals surface area contributed by atoms with E-state index < -0.39 is 0 Å². The first-order valence-electron chi connectivity index (χ1n) is 2.27. The van der Waals surface area contributed by atoms with E-state index in [-0.39, 0.29) is 0 Å². The van der Waals surface area contributed by atoms with E-state index in [0.717, 1.165) is 5.08 Å². The van der Waals surface area contributed by atoms with Gasteiger partial charge in [0.15, 0.2) is 0 Å². The van der Waals surface area contributed by atoms with Gasteiger partial charge < -0.3 is 0 Å². The van der Waals surface area contributed by atoms with Crippen LogP contribution >= 0.6 is 34.2 Å². The van der Waals surface area contributed by atoms with Crippen molar-refractivity contribution in [2.45, 2.75) is 13.3 Å². The second-order valence-corrected chi connectivity index (χ2v) is 4.40. The Kier molecular flexibility index (Phi) is 8.11. The van der Waals surface area contributed by atoms with Crippen molar-refractivity contribution in [2.24, 2.45) is 0 Å². The Hall–Kier alpha value is 1.05. The predicted molar refractivity (Wildman–Crippen MR) is 44.2 cm³/mol. The van der Waals surface area contributed by atoms with Crippen molar-refractivity contribution in [3.05, 3.63) is 0 Å². The molecule has 0 atom stereocenters. The van der Waals surface area contributed by atoms with Crippen molar-refractivity contribution in [1.82, 2.24) is 0 Å². The standard InChI is InChI=1S/C4H10S3/c1-2-3-6-7-4-5/h5H,2-4H2,1H3. The molecule has 0 aromatic heterocycles. The van der Waals surface area contributed by atoms with E-state index in [1.165, 1.54) is 12.2 Å². The Morgan fingerprint density at radius 2 is 2.14 bits per heavy atom. The quantitative estimate of drug-likeness (QED) is 0.286. The molecule has 0 saturated carbocycles. The van der Waals surface area contributed by atoms with Gasteiger partial charge in [0.05, 0.1) is 0 Å². The lowest BCUT2D eigenvalue weighted by molar-refractivity contribution is 1.11. The Morgan fingerprint density at radius 3 is 2.57 bits per heavy atom. The van der Waals surface area contributed by atoms with Crippen LogP contribution in [-0.2, 0) is 0 Å². The van der Waals surface area contributed by atoms with Crippen LogP contribution in [0.4, 0.5) is 0 Å². The highest BCUT2D eigenvalue weighted by Gasteiger charge is 1.80. The first kappa shape index (κ1) is 8.05. The Bertz CT molecular complexity index is 26.1. The minimum atomic E-state index is 0.935. The molecular formula is C4H10S3. The van der Waals surface area contributed by atoms with Crippen molar-refractivity contribution in [1.29, 1.82) is 0 Å². The van der Waals surface area contributed by atoms with Crippen LogP contribution in [0.1, 0.15) is 13.3 Å². The minimum absolute atomic E-state index is 0.935. The second-order valence-electron chi connectivity index (χ2n) is 1.07. The van der Waals surface area contributed by atoms with Crippen molar-refractivity contribution in [3.63, 3.8) is 0 Å². The number of hydrogen-bond acceptors (Lipinski definition) is 3. The molecule has 0 saturated heterocycles. The molecule has 0 radical (unpaired) electrons. The van der Waals surface area contributed by atoms with Crippen LogP contribution in [0.15, 0.2) is 0 Å². The maximum Gasteiger partial charge on any atom is 0.0465 e. The maximum absolute atomic E-state index is 4.04. The molecule has 0 aliphatic heterocycles. The smallest absolute Gasteiger partial charge is 0.0465 e. The molecule has 0 aromatic carbocycles. The fourth-order valence-electron chi connectivity index (χ4n) is 0.180. The Balaban J connectivity index is 2.45. The lowest BCUT2D eigenvalue weighted by Crippen LogP contribution is -1.65. The topological polar surface area (TPSA) is 0 Å². The van der Waals surface area contributed by atoms with E-state index in [4.69, 9.17) is 0 Å². The van der Waals surface area contributed by atoms with Crippen molar-refractivity contribution >= 4 is 34.2 Å². The molecular weight excluding hydrogens is 144 g/mol. The fourth-order valence-corrected chi connectivity index (χ4v) is 2.29. The molecule has 0 nitrogen and oxygen atoms in total. The third-order valence-electron chi connectivity index (χ3n) is 0.423. The molecule has 0 fully saturated rings. The molecule has 44 valence electrons. The molecule has 7 heavy (non-hydrogen) atoms. The second kappa shape index (κ2) is 7.05. The van der Waals surface area contributed by atoms with Crippen LogP contribution in [0.5, 0.6) is 0 Å². The van der Waals surface area contributed by atoms with Crippen molar-refractivity contribution in [2.75, 3.05) is 10.8 Å². The third-order valence-corrected chi connectivity index (χ3v) is 3.54. The van der Waals surface area contributed by atoms with Gasteiger partial charge in [-0.25, -0.2) is 0 Å². The van der Waals surface area contributed by atoms with Gasteiger partial charge in [0.2, 0.25) is 0 Å². The van der Waals surface area contributed by atoms with Gasteiger partial charge in [0.1, 0.15) is 0 Å². The minimum Gasteiger partial charge on any atom is -0.167 e. The van der Waals surface area contributed by atoms with Gasteiger partial charge in [-0.3, -0.25) is 0 Å². The number of thiol groups is 1. The van der Waals surface area contributed by atoms with E-state index in [9.17, 15) is 0 Å². The predicted octanol–water partition coefficient (Wildman–Crippen LogP) is 2.67. The zero-order valence-corrected chi connectivity index (χ0v) is 6.91. The highest BCUT2D eigenvalue weighted by atomic mass is 33.1. The lowest BCUT2D eigenvalue weighted by Gasteiger charge is -1.90. The maximum atomic E-state index is 4.04. The summed E-state index contributed by atoms with van der Waals surface area (Å²) in [6, 6.07) is 0. The molecule has 0 rings (SSSR count). The lowest BCUT2D eigenvalue weighted by atomic mass is 10.6. The highest BCUT2D eigenvalue weighted by Crippen LogP contribution is 2.21. The summed E-state index contributed by atoms with van der Waals surface area (Å²) in [5, 5.41) is 0.935.